The summed E-state index contributed by atoms with van der Waals surface area (Å²) in [6.45, 7) is 2.02. The lowest BCUT2D eigenvalue weighted by Gasteiger charge is -2.11. The van der Waals surface area contributed by atoms with Crippen molar-refractivity contribution in [2.45, 2.75) is 6.92 Å². The Balaban J connectivity index is 1.65. The van der Waals surface area contributed by atoms with Crippen molar-refractivity contribution in [1.29, 1.82) is 0 Å². The Morgan fingerprint density at radius 2 is 1.83 bits per heavy atom. The average molecular weight is 379 g/mol. The van der Waals surface area contributed by atoms with E-state index >= 15 is 0 Å². The summed E-state index contributed by atoms with van der Waals surface area (Å²) in [6.07, 6.45) is 1.60. The van der Waals surface area contributed by atoms with Gasteiger partial charge in [0.1, 0.15) is 11.2 Å². The van der Waals surface area contributed by atoms with Gasteiger partial charge < -0.3 is 9.73 Å². The molecule has 0 bridgehead atoms. The van der Waals surface area contributed by atoms with Crippen LogP contribution < -0.4 is 5.32 Å². The molecule has 2 heterocycles. The number of hydrogen-bond donors (Lipinski definition) is 1. The Hall–Kier alpha value is -3.99. The van der Waals surface area contributed by atoms with Crippen molar-refractivity contribution in [1.82, 2.24) is 9.97 Å². The van der Waals surface area contributed by atoms with Gasteiger partial charge in [0.15, 0.2) is 5.58 Å². The minimum absolute atomic E-state index is 0.263. The molecule has 0 radical (unpaired) electrons. The number of carbonyl (C=O) groups is 1. The number of pyridine rings is 1. The summed E-state index contributed by atoms with van der Waals surface area (Å²) >= 11 is 0. The second kappa shape index (κ2) is 6.87. The highest BCUT2D eigenvalue weighted by atomic mass is 16.3. The molecule has 5 aromatic rings. The molecule has 0 saturated carbocycles. The average Bonchev–Trinajstić information content (AvgIpc) is 3.17. The van der Waals surface area contributed by atoms with E-state index in [1.165, 1.54) is 0 Å². The summed E-state index contributed by atoms with van der Waals surface area (Å²) in [5.74, 6) is 0.261. The van der Waals surface area contributed by atoms with E-state index in [2.05, 4.69) is 15.3 Å². The molecule has 0 spiro atoms. The van der Waals surface area contributed by atoms with Crippen LogP contribution in [0.4, 0.5) is 5.69 Å². The van der Waals surface area contributed by atoms with Gasteiger partial charge >= 0.3 is 0 Å². The molecule has 0 saturated heterocycles. The monoisotopic (exact) mass is 379 g/mol. The van der Waals surface area contributed by atoms with Crippen LogP contribution in [0.3, 0.4) is 0 Å². The molecule has 140 valence electrons. The zero-order valence-electron chi connectivity index (χ0n) is 15.7. The highest BCUT2D eigenvalue weighted by Gasteiger charge is 2.16. The van der Waals surface area contributed by atoms with Crippen LogP contribution in [0.15, 0.2) is 83.4 Å². The first-order chi connectivity index (χ1) is 14.2. The Morgan fingerprint density at radius 3 is 2.66 bits per heavy atom. The summed E-state index contributed by atoms with van der Waals surface area (Å²) in [6, 6.07) is 22.9. The van der Waals surface area contributed by atoms with Gasteiger partial charge in [-0.25, -0.2) is 4.98 Å². The molecule has 3 aromatic carbocycles. The predicted molar refractivity (Wildman–Crippen MR) is 114 cm³/mol. The Bertz CT molecular complexity index is 1350. The molecule has 0 unspecified atom stereocenters. The quantitative estimate of drug-likeness (QED) is 0.443. The molecule has 5 heteroatoms. The summed E-state index contributed by atoms with van der Waals surface area (Å²) in [4.78, 5) is 21.5. The van der Waals surface area contributed by atoms with E-state index in [9.17, 15) is 4.79 Å². The number of aryl methyl sites for hydroxylation is 1. The Kier molecular flexibility index (Phi) is 4.06. The van der Waals surface area contributed by atoms with E-state index in [0.717, 1.165) is 33.0 Å². The van der Waals surface area contributed by atoms with E-state index in [4.69, 9.17) is 4.42 Å². The van der Waals surface area contributed by atoms with Gasteiger partial charge in [-0.2, -0.15) is 0 Å². The van der Waals surface area contributed by atoms with Gasteiger partial charge in [0.05, 0.1) is 0 Å². The van der Waals surface area contributed by atoms with Gasteiger partial charge in [0, 0.05) is 22.8 Å². The van der Waals surface area contributed by atoms with Crippen LogP contribution in [0.2, 0.25) is 0 Å². The van der Waals surface area contributed by atoms with Gasteiger partial charge in [-0.05, 0) is 54.3 Å². The van der Waals surface area contributed by atoms with Crippen LogP contribution in [0.1, 0.15) is 16.1 Å². The maximum Gasteiger partial charge on any atom is 0.274 e. The lowest BCUT2D eigenvalue weighted by molar-refractivity contribution is 0.102. The van der Waals surface area contributed by atoms with Gasteiger partial charge in [-0.3, -0.25) is 9.78 Å². The molecule has 0 fully saturated rings. The smallest absolute Gasteiger partial charge is 0.274 e. The van der Waals surface area contributed by atoms with Crippen molar-refractivity contribution in [2.75, 3.05) is 5.32 Å². The van der Waals surface area contributed by atoms with Crippen molar-refractivity contribution >= 4 is 33.5 Å². The first kappa shape index (κ1) is 17.1. The van der Waals surface area contributed by atoms with Gasteiger partial charge in [-0.1, -0.05) is 36.4 Å². The maximum absolute atomic E-state index is 12.7. The van der Waals surface area contributed by atoms with E-state index in [0.29, 0.717) is 17.3 Å². The number of hydrogen-bond acceptors (Lipinski definition) is 4. The fourth-order valence-corrected chi connectivity index (χ4v) is 3.46. The van der Waals surface area contributed by atoms with Gasteiger partial charge in [-0.15, -0.1) is 0 Å². The zero-order chi connectivity index (χ0) is 19.8. The number of rotatable bonds is 3. The zero-order valence-corrected chi connectivity index (χ0v) is 15.7. The number of benzene rings is 3. The summed E-state index contributed by atoms with van der Waals surface area (Å²) < 4.78 is 6.03. The van der Waals surface area contributed by atoms with Crippen molar-refractivity contribution in [3.05, 3.63) is 90.3 Å². The number of carbonyl (C=O) groups excluding carboxylic acids is 1. The number of aromatic nitrogens is 2. The van der Waals surface area contributed by atoms with Crippen molar-refractivity contribution < 1.29 is 9.21 Å². The minimum Gasteiger partial charge on any atom is -0.436 e. The van der Waals surface area contributed by atoms with Gasteiger partial charge in [0.2, 0.25) is 5.89 Å². The molecule has 2 aromatic heterocycles. The highest BCUT2D eigenvalue weighted by molar-refractivity contribution is 6.11. The Morgan fingerprint density at radius 1 is 0.966 bits per heavy atom. The number of anilines is 1. The van der Waals surface area contributed by atoms with Crippen LogP contribution in [0.25, 0.3) is 33.3 Å². The molecule has 5 nitrogen and oxygen atoms in total. The number of oxazole rings is 1. The van der Waals surface area contributed by atoms with Crippen LogP contribution in [-0.2, 0) is 0 Å². The first-order valence-electron chi connectivity index (χ1n) is 9.31. The number of nitrogens with one attached hydrogen (secondary N) is 1. The predicted octanol–water partition coefficient (Wildman–Crippen LogP) is 5.60. The second-order valence-electron chi connectivity index (χ2n) is 6.87. The number of fused-ring (bicyclic) bond motifs is 2. The second-order valence-corrected chi connectivity index (χ2v) is 6.87. The first-order valence-corrected chi connectivity index (χ1v) is 9.31. The molecule has 1 N–H and O–H groups in total. The molecule has 0 atom stereocenters. The largest absolute Gasteiger partial charge is 0.436 e. The van der Waals surface area contributed by atoms with E-state index < -0.39 is 0 Å². The molecular formula is C24H17N3O2. The molecule has 5 rings (SSSR count). The van der Waals surface area contributed by atoms with Gasteiger partial charge in [0.25, 0.3) is 5.91 Å². The molecule has 0 aliphatic heterocycles. The fourth-order valence-electron chi connectivity index (χ4n) is 3.46. The molecule has 0 aliphatic carbocycles. The third-order valence-corrected chi connectivity index (χ3v) is 4.82. The molecular weight excluding hydrogens is 362 g/mol. The molecule has 0 aliphatic rings. The normalized spacial score (nSPS) is 11.1. The van der Waals surface area contributed by atoms with Crippen LogP contribution in [0, 0.1) is 6.92 Å². The minimum atomic E-state index is -0.263. The van der Waals surface area contributed by atoms with Crippen LogP contribution in [0.5, 0.6) is 0 Å². The Labute approximate surface area is 167 Å². The molecule has 29 heavy (non-hydrogen) atoms. The van der Waals surface area contributed by atoms with Crippen molar-refractivity contribution in [3.8, 4) is 11.5 Å². The van der Waals surface area contributed by atoms with Crippen molar-refractivity contribution in [2.24, 2.45) is 0 Å². The lowest BCUT2D eigenvalue weighted by Crippen LogP contribution is -2.13. The summed E-state index contributed by atoms with van der Waals surface area (Å²) in [5.41, 5.74) is 4.54. The van der Waals surface area contributed by atoms with Crippen LogP contribution in [-0.4, -0.2) is 15.9 Å². The maximum atomic E-state index is 12.7. The fraction of sp³-hybridized carbons (Fsp3) is 0.0417. The topological polar surface area (TPSA) is 68.0 Å². The lowest BCUT2D eigenvalue weighted by atomic mass is 10.0. The van der Waals surface area contributed by atoms with E-state index in [1.807, 2.05) is 61.5 Å². The van der Waals surface area contributed by atoms with Crippen LogP contribution >= 0.6 is 0 Å². The van der Waals surface area contributed by atoms with E-state index in [1.54, 1.807) is 24.4 Å². The van der Waals surface area contributed by atoms with Crippen molar-refractivity contribution in [3.63, 3.8) is 0 Å². The van der Waals surface area contributed by atoms with E-state index in [-0.39, 0.29) is 5.91 Å². The summed E-state index contributed by atoms with van der Waals surface area (Å²) in [7, 11) is 0. The standard InChI is InChI=1S/C24H17N3O2/c1-15-11-12-21-20(14-15)27-24(29-21)17-8-4-6-16-7-5-10-18(22(16)17)26-23(28)19-9-2-3-13-25-19/h2-14H,1H3,(H,26,28). The number of amides is 1. The third-order valence-electron chi connectivity index (χ3n) is 4.82. The molecule has 1 amide bonds. The third kappa shape index (κ3) is 3.12. The summed E-state index contributed by atoms with van der Waals surface area (Å²) in [5, 5.41) is 4.85. The SMILES string of the molecule is Cc1ccc2oc(-c3cccc4cccc(NC(=O)c5ccccn5)c34)nc2c1. The number of nitrogens with zero attached hydrogens (tertiary/aromatic N) is 2. The highest BCUT2D eigenvalue weighted by Crippen LogP contribution is 2.35.